The molecule has 3 nitrogen and oxygen atoms in total. The fraction of sp³-hybridized carbons (Fsp3) is 0.500. The van der Waals surface area contributed by atoms with E-state index in [4.69, 9.17) is 4.74 Å². The molecule has 0 spiro atoms. The van der Waals surface area contributed by atoms with Crippen LogP contribution in [0.2, 0.25) is 0 Å². The second-order valence-corrected chi connectivity index (χ2v) is 6.01. The zero-order valence-corrected chi connectivity index (χ0v) is 11.3. The number of thioether (sulfide) groups is 1. The maximum Gasteiger partial charge on any atom is 0.227 e. The Hall–Kier alpha value is -1.16. The number of rotatable bonds is 3. The van der Waals surface area contributed by atoms with Crippen LogP contribution in [0.3, 0.4) is 0 Å². The van der Waals surface area contributed by atoms with Crippen LogP contribution < -0.4 is 4.74 Å². The highest BCUT2D eigenvalue weighted by Crippen LogP contribution is 2.35. The first kappa shape index (κ1) is 11.9. The third kappa shape index (κ3) is 2.09. The van der Waals surface area contributed by atoms with E-state index in [-0.39, 0.29) is 5.92 Å². The van der Waals surface area contributed by atoms with Gasteiger partial charge in [-0.3, -0.25) is 4.79 Å². The Labute approximate surface area is 111 Å². The van der Waals surface area contributed by atoms with Gasteiger partial charge in [-0.25, -0.2) is 0 Å². The van der Waals surface area contributed by atoms with Gasteiger partial charge in [0, 0.05) is 30.0 Å². The molecule has 96 valence electrons. The third-order valence-electron chi connectivity index (χ3n) is 3.77. The van der Waals surface area contributed by atoms with Gasteiger partial charge in [0.2, 0.25) is 5.91 Å². The minimum Gasteiger partial charge on any atom is -0.497 e. The van der Waals surface area contributed by atoms with Crippen LogP contribution in [0.5, 0.6) is 5.75 Å². The van der Waals surface area contributed by atoms with Crippen molar-refractivity contribution in [2.75, 3.05) is 18.6 Å². The Morgan fingerprint density at radius 2 is 2.11 bits per heavy atom. The van der Waals surface area contributed by atoms with Gasteiger partial charge in [-0.2, -0.15) is 11.8 Å². The minimum atomic E-state index is 0.270. The molecule has 0 aromatic heterocycles. The van der Waals surface area contributed by atoms with Gasteiger partial charge in [-0.05, 0) is 24.1 Å². The largest absolute Gasteiger partial charge is 0.497 e. The van der Waals surface area contributed by atoms with Crippen molar-refractivity contribution in [2.24, 2.45) is 5.92 Å². The second-order valence-electron chi connectivity index (χ2n) is 4.94. The molecule has 1 aromatic carbocycles. The summed E-state index contributed by atoms with van der Waals surface area (Å²) in [4.78, 5) is 14.3. The molecule has 1 aromatic rings. The summed E-state index contributed by atoms with van der Waals surface area (Å²) in [6.45, 7) is 0.741. The third-order valence-corrected chi connectivity index (χ3v) is 5.03. The molecule has 18 heavy (non-hydrogen) atoms. The lowest BCUT2D eigenvalue weighted by atomic mass is 10.1. The molecule has 0 saturated carbocycles. The molecular weight excluding hydrogens is 246 g/mol. The number of fused-ring (bicyclic) bond motifs is 2. The van der Waals surface area contributed by atoms with Crippen molar-refractivity contribution in [3.05, 3.63) is 29.8 Å². The molecule has 2 atom stereocenters. The smallest absolute Gasteiger partial charge is 0.227 e. The lowest BCUT2D eigenvalue weighted by molar-refractivity contribution is -0.131. The number of likely N-dealkylation sites (tertiary alicyclic amines) is 1. The Morgan fingerprint density at radius 3 is 2.78 bits per heavy atom. The molecule has 2 bridgehead atoms. The molecule has 1 amide bonds. The molecule has 0 radical (unpaired) electrons. The van der Waals surface area contributed by atoms with E-state index < -0.39 is 0 Å². The van der Waals surface area contributed by atoms with Crippen LogP contribution >= 0.6 is 11.8 Å². The van der Waals surface area contributed by atoms with Gasteiger partial charge in [-0.1, -0.05) is 12.1 Å². The predicted molar refractivity (Wildman–Crippen MR) is 72.8 cm³/mol. The molecule has 0 unspecified atom stereocenters. The number of hydrogen-bond acceptors (Lipinski definition) is 3. The van der Waals surface area contributed by atoms with Gasteiger partial charge >= 0.3 is 0 Å². The van der Waals surface area contributed by atoms with E-state index in [2.05, 4.69) is 4.90 Å². The fourth-order valence-electron chi connectivity index (χ4n) is 2.75. The van der Waals surface area contributed by atoms with Gasteiger partial charge < -0.3 is 9.64 Å². The topological polar surface area (TPSA) is 29.5 Å². The van der Waals surface area contributed by atoms with E-state index >= 15 is 0 Å². The normalized spacial score (nSPS) is 26.5. The Kier molecular flexibility index (Phi) is 3.20. The van der Waals surface area contributed by atoms with Gasteiger partial charge in [-0.15, -0.1) is 0 Å². The quantitative estimate of drug-likeness (QED) is 0.837. The summed E-state index contributed by atoms with van der Waals surface area (Å²) in [7, 11) is 1.67. The molecule has 4 heteroatoms. The fourth-order valence-corrected chi connectivity index (χ4v) is 4.04. The molecule has 2 aliphatic heterocycles. The summed E-state index contributed by atoms with van der Waals surface area (Å²) in [6, 6.07) is 8.44. The van der Waals surface area contributed by atoms with Crippen LogP contribution in [0.15, 0.2) is 24.3 Å². The van der Waals surface area contributed by atoms with Crippen molar-refractivity contribution in [2.45, 2.75) is 19.0 Å². The van der Waals surface area contributed by atoms with Crippen molar-refractivity contribution in [3.8, 4) is 5.75 Å². The highest BCUT2D eigenvalue weighted by molar-refractivity contribution is 7.99. The van der Waals surface area contributed by atoms with Gasteiger partial charge in [0.15, 0.2) is 0 Å². The lowest BCUT2D eigenvalue weighted by Crippen LogP contribution is -2.33. The maximum atomic E-state index is 12.2. The number of benzene rings is 1. The molecule has 0 aliphatic carbocycles. The Balaban J connectivity index is 1.73. The SMILES string of the molecule is COc1ccc(CN2C(=O)[C@H]3CSC[C@H]2C3)cc1. The van der Waals surface area contributed by atoms with Gasteiger partial charge in [0.25, 0.3) is 0 Å². The minimum absolute atomic E-state index is 0.270. The zero-order valence-electron chi connectivity index (χ0n) is 10.5. The van der Waals surface area contributed by atoms with Crippen molar-refractivity contribution in [1.82, 2.24) is 4.90 Å². The summed E-state index contributed by atoms with van der Waals surface area (Å²) in [5.74, 6) is 3.58. The van der Waals surface area contributed by atoms with Crippen LogP contribution in [-0.2, 0) is 11.3 Å². The summed E-state index contributed by atoms with van der Waals surface area (Å²) in [5, 5.41) is 0. The van der Waals surface area contributed by atoms with E-state index in [1.54, 1.807) is 7.11 Å². The van der Waals surface area contributed by atoms with Crippen LogP contribution in [0.4, 0.5) is 0 Å². The van der Waals surface area contributed by atoms with Gasteiger partial charge in [0.05, 0.1) is 7.11 Å². The van der Waals surface area contributed by atoms with Crippen molar-refractivity contribution >= 4 is 17.7 Å². The van der Waals surface area contributed by atoms with E-state index in [1.165, 1.54) is 5.56 Å². The maximum absolute atomic E-state index is 12.2. The zero-order chi connectivity index (χ0) is 12.5. The number of ether oxygens (including phenoxy) is 1. The summed E-state index contributed by atoms with van der Waals surface area (Å²) < 4.78 is 5.15. The highest BCUT2D eigenvalue weighted by atomic mass is 32.2. The monoisotopic (exact) mass is 263 g/mol. The average Bonchev–Trinajstić information content (AvgIpc) is 2.63. The number of methoxy groups -OCH3 is 1. The van der Waals surface area contributed by atoms with Crippen molar-refractivity contribution in [1.29, 1.82) is 0 Å². The first-order valence-corrected chi connectivity index (χ1v) is 7.44. The number of carbonyl (C=O) groups is 1. The molecule has 2 saturated heterocycles. The lowest BCUT2D eigenvalue weighted by Gasteiger charge is -2.24. The Bertz CT molecular complexity index is 446. The van der Waals surface area contributed by atoms with Gasteiger partial charge in [0.1, 0.15) is 5.75 Å². The second kappa shape index (κ2) is 4.84. The number of nitrogens with zero attached hydrogens (tertiary/aromatic N) is 1. The standard InChI is InChI=1S/C14H17NO2S/c1-17-13-4-2-10(3-5-13)7-15-12-6-11(14(15)16)8-18-9-12/h2-5,11-12H,6-9H2,1H3/t11-,12-/m1/s1. The van der Waals surface area contributed by atoms with E-state index in [1.807, 2.05) is 36.0 Å². The number of hydrogen-bond donors (Lipinski definition) is 0. The Morgan fingerprint density at radius 1 is 1.33 bits per heavy atom. The molecule has 2 heterocycles. The molecule has 2 aliphatic rings. The molecular formula is C14H17NO2S. The van der Waals surface area contributed by atoms with Crippen LogP contribution in [0.25, 0.3) is 0 Å². The van der Waals surface area contributed by atoms with E-state index in [0.29, 0.717) is 11.9 Å². The van der Waals surface area contributed by atoms with Crippen LogP contribution in [0.1, 0.15) is 12.0 Å². The van der Waals surface area contributed by atoms with Crippen LogP contribution in [0, 0.1) is 5.92 Å². The highest BCUT2D eigenvalue weighted by Gasteiger charge is 2.41. The van der Waals surface area contributed by atoms with Crippen molar-refractivity contribution < 1.29 is 9.53 Å². The number of carbonyl (C=O) groups excluding carboxylic acids is 1. The molecule has 0 N–H and O–H groups in total. The summed E-state index contributed by atoms with van der Waals surface area (Å²) >= 11 is 1.92. The van der Waals surface area contributed by atoms with Crippen LogP contribution in [-0.4, -0.2) is 35.5 Å². The van der Waals surface area contributed by atoms with E-state index in [9.17, 15) is 4.79 Å². The first-order chi connectivity index (χ1) is 8.78. The average molecular weight is 263 g/mol. The summed E-state index contributed by atoms with van der Waals surface area (Å²) in [5.41, 5.74) is 1.18. The van der Waals surface area contributed by atoms with E-state index in [0.717, 1.165) is 30.2 Å². The predicted octanol–water partition coefficient (Wildman–Crippen LogP) is 2.16. The first-order valence-electron chi connectivity index (χ1n) is 6.29. The molecule has 3 rings (SSSR count). The van der Waals surface area contributed by atoms with Crippen molar-refractivity contribution in [3.63, 3.8) is 0 Å². The number of amides is 1. The molecule has 2 fully saturated rings. The summed E-state index contributed by atoms with van der Waals surface area (Å²) in [6.07, 6.45) is 1.06.